The number of hydrogen-bond donors (Lipinski definition) is 2. The second-order valence-corrected chi connectivity index (χ2v) is 3.46. The van der Waals surface area contributed by atoms with Gasteiger partial charge < -0.3 is 4.98 Å². The van der Waals surface area contributed by atoms with Gasteiger partial charge in [0.1, 0.15) is 5.69 Å². The van der Waals surface area contributed by atoms with E-state index in [0.717, 1.165) is 5.56 Å². The zero-order chi connectivity index (χ0) is 12.1. The number of pyridine rings is 1. The van der Waals surface area contributed by atoms with Crippen LogP contribution in [0.4, 0.5) is 0 Å². The molecule has 0 atom stereocenters. The molecule has 0 radical (unpaired) electrons. The molecule has 2 N–H and O–H groups in total. The fourth-order valence-electron chi connectivity index (χ4n) is 1.31. The van der Waals surface area contributed by atoms with Crippen molar-refractivity contribution in [3.63, 3.8) is 0 Å². The van der Waals surface area contributed by atoms with E-state index < -0.39 is 0 Å². The molecule has 0 aliphatic rings. The molecule has 2 rings (SSSR count). The van der Waals surface area contributed by atoms with E-state index in [2.05, 4.69) is 20.5 Å². The minimum Gasteiger partial charge on any atom is -0.357 e. The molecule has 86 valence electrons. The summed E-state index contributed by atoms with van der Waals surface area (Å²) in [6.45, 7) is 1.81. The zero-order valence-corrected chi connectivity index (χ0v) is 9.34. The van der Waals surface area contributed by atoms with Crippen molar-refractivity contribution in [2.75, 3.05) is 0 Å². The average Bonchev–Trinajstić information content (AvgIpc) is 2.90. The van der Waals surface area contributed by atoms with Gasteiger partial charge in [-0.3, -0.25) is 9.78 Å². The topological polar surface area (TPSA) is 70.1 Å². The number of H-pyrrole nitrogens is 1. The van der Waals surface area contributed by atoms with Gasteiger partial charge in [-0.25, -0.2) is 5.43 Å². The van der Waals surface area contributed by atoms with Crippen molar-refractivity contribution < 1.29 is 4.79 Å². The maximum Gasteiger partial charge on any atom is 0.287 e. The van der Waals surface area contributed by atoms with Crippen LogP contribution >= 0.6 is 0 Å². The average molecular weight is 228 g/mol. The van der Waals surface area contributed by atoms with Crippen molar-refractivity contribution in [3.05, 3.63) is 54.1 Å². The first-order valence-electron chi connectivity index (χ1n) is 5.16. The lowest BCUT2D eigenvalue weighted by Gasteiger charge is -2.00. The molecule has 2 heterocycles. The maximum absolute atomic E-state index is 11.6. The van der Waals surface area contributed by atoms with E-state index >= 15 is 0 Å². The van der Waals surface area contributed by atoms with E-state index in [-0.39, 0.29) is 5.91 Å². The summed E-state index contributed by atoms with van der Waals surface area (Å²) in [5.41, 5.74) is 4.53. The van der Waals surface area contributed by atoms with Crippen molar-refractivity contribution in [1.82, 2.24) is 15.4 Å². The Morgan fingerprint density at radius 2 is 2.29 bits per heavy atom. The quantitative estimate of drug-likeness (QED) is 0.618. The fourth-order valence-corrected chi connectivity index (χ4v) is 1.31. The van der Waals surface area contributed by atoms with Crippen molar-refractivity contribution in [2.45, 2.75) is 6.92 Å². The van der Waals surface area contributed by atoms with Crippen molar-refractivity contribution in [1.29, 1.82) is 0 Å². The Hall–Kier alpha value is -2.43. The number of rotatable bonds is 3. The van der Waals surface area contributed by atoms with Crippen LogP contribution in [0.2, 0.25) is 0 Å². The second-order valence-electron chi connectivity index (χ2n) is 3.46. The minimum absolute atomic E-state index is 0.266. The highest BCUT2D eigenvalue weighted by Crippen LogP contribution is 1.98. The molecule has 0 fully saturated rings. The number of hydrogen-bond acceptors (Lipinski definition) is 3. The molecule has 0 bridgehead atoms. The number of aromatic amines is 1. The molecule has 0 spiro atoms. The van der Waals surface area contributed by atoms with Crippen LogP contribution in [0.3, 0.4) is 0 Å². The minimum atomic E-state index is -0.266. The Kier molecular flexibility index (Phi) is 3.30. The lowest BCUT2D eigenvalue weighted by Crippen LogP contribution is -2.19. The van der Waals surface area contributed by atoms with E-state index in [1.54, 1.807) is 30.7 Å². The highest BCUT2D eigenvalue weighted by Gasteiger charge is 2.04. The van der Waals surface area contributed by atoms with E-state index in [1.165, 1.54) is 0 Å². The third-order valence-electron chi connectivity index (χ3n) is 2.25. The fraction of sp³-hybridized carbons (Fsp3) is 0.0833. The van der Waals surface area contributed by atoms with Gasteiger partial charge in [-0.05, 0) is 25.1 Å². The number of nitrogens with zero attached hydrogens (tertiary/aromatic N) is 2. The molecule has 17 heavy (non-hydrogen) atoms. The lowest BCUT2D eigenvalue weighted by molar-refractivity contribution is 0.0950. The molecule has 0 saturated heterocycles. The molecule has 1 amide bonds. The summed E-state index contributed by atoms with van der Waals surface area (Å²) < 4.78 is 0. The van der Waals surface area contributed by atoms with Gasteiger partial charge in [0.25, 0.3) is 5.91 Å². The van der Waals surface area contributed by atoms with Gasteiger partial charge in [-0.1, -0.05) is 6.07 Å². The van der Waals surface area contributed by atoms with Crippen LogP contribution in [0.1, 0.15) is 23.0 Å². The Morgan fingerprint density at radius 3 is 2.94 bits per heavy atom. The normalized spacial score (nSPS) is 11.2. The first kappa shape index (κ1) is 11.1. The van der Waals surface area contributed by atoms with Gasteiger partial charge in [0, 0.05) is 24.2 Å². The number of hydrazone groups is 1. The van der Waals surface area contributed by atoms with Gasteiger partial charge in [-0.2, -0.15) is 5.10 Å². The predicted molar refractivity (Wildman–Crippen MR) is 64.7 cm³/mol. The van der Waals surface area contributed by atoms with Crippen LogP contribution in [-0.4, -0.2) is 21.6 Å². The Bertz CT molecular complexity index is 517. The van der Waals surface area contributed by atoms with Crippen LogP contribution in [0.15, 0.2) is 48.0 Å². The van der Waals surface area contributed by atoms with Crippen LogP contribution < -0.4 is 5.43 Å². The number of aromatic nitrogens is 2. The van der Waals surface area contributed by atoms with Crippen molar-refractivity contribution in [2.24, 2.45) is 5.10 Å². The molecule has 0 unspecified atom stereocenters. The highest BCUT2D eigenvalue weighted by molar-refractivity contribution is 6.00. The summed E-state index contributed by atoms with van der Waals surface area (Å²) >= 11 is 0. The molecular weight excluding hydrogens is 216 g/mol. The summed E-state index contributed by atoms with van der Waals surface area (Å²) in [6.07, 6.45) is 5.07. The van der Waals surface area contributed by atoms with E-state index in [1.807, 2.05) is 19.1 Å². The molecule has 0 saturated carbocycles. The van der Waals surface area contributed by atoms with E-state index in [0.29, 0.717) is 11.4 Å². The molecule has 0 aliphatic carbocycles. The van der Waals surface area contributed by atoms with Gasteiger partial charge in [0.05, 0.1) is 5.71 Å². The predicted octanol–water partition coefficient (Wildman–Crippen LogP) is 1.56. The smallest absolute Gasteiger partial charge is 0.287 e. The highest BCUT2D eigenvalue weighted by atomic mass is 16.2. The molecule has 0 aromatic carbocycles. The zero-order valence-electron chi connectivity index (χ0n) is 9.34. The molecule has 2 aromatic heterocycles. The van der Waals surface area contributed by atoms with E-state index in [4.69, 9.17) is 0 Å². The monoisotopic (exact) mass is 228 g/mol. The number of amides is 1. The lowest BCUT2D eigenvalue weighted by atomic mass is 10.2. The van der Waals surface area contributed by atoms with Gasteiger partial charge in [-0.15, -0.1) is 0 Å². The molecule has 5 nitrogen and oxygen atoms in total. The Morgan fingerprint density at radius 1 is 1.41 bits per heavy atom. The summed E-state index contributed by atoms with van der Waals surface area (Å²) in [5.74, 6) is -0.266. The number of nitrogens with one attached hydrogen (secondary N) is 2. The van der Waals surface area contributed by atoms with Crippen LogP contribution in [0.5, 0.6) is 0 Å². The third-order valence-corrected chi connectivity index (χ3v) is 2.25. The van der Waals surface area contributed by atoms with Crippen LogP contribution in [0, 0.1) is 0 Å². The molecule has 5 heteroatoms. The summed E-state index contributed by atoms with van der Waals surface area (Å²) in [4.78, 5) is 18.4. The summed E-state index contributed by atoms with van der Waals surface area (Å²) in [5, 5.41) is 4.01. The number of carbonyl (C=O) groups excluding carboxylic acids is 1. The Balaban J connectivity index is 2.04. The largest absolute Gasteiger partial charge is 0.357 e. The SMILES string of the molecule is C/C(=N/NC(=O)c1ccc[nH]1)c1cccnc1. The number of carbonyl (C=O) groups is 1. The molecule has 0 aliphatic heterocycles. The van der Waals surface area contributed by atoms with Crippen molar-refractivity contribution in [3.8, 4) is 0 Å². The summed E-state index contributed by atoms with van der Waals surface area (Å²) in [6, 6.07) is 7.14. The van der Waals surface area contributed by atoms with Crippen LogP contribution in [-0.2, 0) is 0 Å². The van der Waals surface area contributed by atoms with Crippen molar-refractivity contribution >= 4 is 11.6 Å². The first-order chi connectivity index (χ1) is 8.27. The molecular formula is C12H12N4O. The van der Waals surface area contributed by atoms with E-state index in [9.17, 15) is 4.79 Å². The maximum atomic E-state index is 11.6. The van der Waals surface area contributed by atoms with Gasteiger partial charge in [0.15, 0.2) is 0 Å². The Labute approximate surface area is 98.6 Å². The third kappa shape index (κ3) is 2.78. The first-order valence-corrected chi connectivity index (χ1v) is 5.16. The standard InChI is InChI=1S/C12H12N4O/c1-9(10-4-2-6-13-8-10)15-16-12(17)11-5-3-7-14-11/h2-8,14H,1H3,(H,16,17)/b15-9-. The summed E-state index contributed by atoms with van der Waals surface area (Å²) in [7, 11) is 0. The molecule has 2 aromatic rings. The van der Waals surface area contributed by atoms with Gasteiger partial charge >= 0.3 is 0 Å². The van der Waals surface area contributed by atoms with Crippen LogP contribution in [0.25, 0.3) is 0 Å². The second kappa shape index (κ2) is 5.07. The van der Waals surface area contributed by atoms with Gasteiger partial charge in [0.2, 0.25) is 0 Å².